The minimum absolute atomic E-state index is 0.00852. The summed E-state index contributed by atoms with van der Waals surface area (Å²) < 4.78 is 0. The molecule has 0 spiro atoms. The molecule has 1 aromatic rings. The van der Waals surface area contributed by atoms with E-state index in [1.165, 1.54) is 12.3 Å². The molecule has 10 heavy (non-hydrogen) atoms. The largest absolute Gasteiger partial charge is 0.505 e. The molecule has 1 heterocycles. The van der Waals surface area contributed by atoms with Crippen molar-refractivity contribution >= 4 is 12.0 Å². The maximum atomic E-state index is 10.1. The second-order valence-electron chi connectivity index (χ2n) is 1.79. The molecular formula is C6H6N2O2. The highest BCUT2D eigenvalue weighted by Gasteiger charge is 1.99. The SMILES string of the molecule is Nc1cnc(C=O)c(O)c1. The van der Waals surface area contributed by atoms with E-state index in [1.54, 1.807) is 0 Å². The Hall–Kier alpha value is -1.58. The van der Waals surface area contributed by atoms with Gasteiger partial charge in [0.1, 0.15) is 11.4 Å². The molecule has 0 radical (unpaired) electrons. The van der Waals surface area contributed by atoms with Gasteiger partial charge in [0.25, 0.3) is 0 Å². The molecule has 0 aliphatic rings. The van der Waals surface area contributed by atoms with Gasteiger partial charge in [-0.15, -0.1) is 0 Å². The zero-order valence-corrected chi connectivity index (χ0v) is 5.11. The van der Waals surface area contributed by atoms with Crippen LogP contribution in [0.2, 0.25) is 0 Å². The number of nitrogens with two attached hydrogens (primary N) is 1. The maximum absolute atomic E-state index is 10.1. The van der Waals surface area contributed by atoms with Gasteiger partial charge in [0.05, 0.1) is 11.9 Å². The first-order chi connectivity index (χ1) is 4.74. The predicted molar refractivity (Wildman–Crippen MR) is 35.7 cm³/mol. The second kappa shape index (κ2) is 2.34. The third-order valence-electron chi connectivity index (χ3n) is 1.03. The van der Waals surface area contributed by atoms with E-state index in [2.05, 4.69) is 4.98 Å². The molecule has 0 bridgehead atoms. The standard InChI is InChI=1S/C6H6N2O2/c7-4-1-6(10)5(3-9)8-2-4/h1-3,10H,7H2. The molecule has 3 N–H and O–H groups in total. The minimum atomic E-state index is -0.185. The van der Waals surface area contributed by atoms with E-state index in [0.717, 1.165) is 0 Å². The van der Waals surface area contributed by atoms with Crippen LogP contribution >= 0.6 is 0 Å². The van der Waals surface area contributed by atoms with Gasteiger partial charge in [0.2, 0.25) is 0 Å². The van der Waals surface area contributed by atoms with Gasteiger partial charge in [0, 0.05) is 6.07 Å². The van der Waals surface area contributed by atoms with Crippen molar-refractivity contribution in [3.63, 3.8) is 0 Å². The van der Waals surface area contributed by atoms with Gasteiger partial charge in [-0.2, -0.15) is 0 Å². The van der Waals surface area contributed by atoms with Crippen molar-refractivity contribution in [3.05, 3.63) is 18.0 Å². The average Bonchev–Trinajstić information content (AvgIpc) is 1.88. The van der Waals surface area contributed by atoms with Crippen LogP contribution in [0, 0.1) is 0 Å². The molecule has 52 valence electrons. The Morgan fingerprint density at radius 2 is 2.40 bits per heavy atom. The van der Waals surface area contributed by atoms with Crippen molar-refractivity contribution in [2.45, 2.75) is 0 Å². The molecule has 0 unspecified atom stereocenters. The Morgan fingerprint density at radius 1 is 1.70 bits per heavy atom. The fraction of sp³-hybridized carbons (Fsp3) is 0. The number of nitrogen functional groups attached to an aromatic ring is 1. The van der Waals surface area contributed by atoms with Crippen LogP contribution in [0.15, 0.2) is 12.3 Å². The van der Waals surface area contributed by atoms with E-state index >= 15 is 0 Å². The molecule has 1 aromatic heterocycles. The third kappa shape index (κ3) is 1.05. The lowest BCUT2D eigenvalue weighted by atomic mass is 10.3. The van der Waals surface area contributed by atoms with Crippen LogP contribution in [-0.2, 0) is 0 Å². The number of hydrogen-bond acceptors (Lipinski definition) is 4. The van der Waals surface area contributed by atoms with Gasteiger partial charge in [0.15, 0.2) is 6.29 Å². The monoisotopic (exact) mass is 138 g/mol. The predicted octanol–water partition coefficient (Wildman–Crippen LogP) is 0.182. The molecule has 0 saturated heterocycles. The summed E-state index contributed by atoms with van der Waals surface area (Å²) in [5.41, 5.74) is 5.59. The molecule has 0 saturated carbocycles. The zero-order chi connectivity index (χ0) is 7.56. The highest BCUT2D eigenvalue weighted by molar-refractivity contribution is 5.76. The number of carbonyl (C=O) groups is 1. The lowest BCUT2D eigenvalue weighted by Crippen LogP contribution is -1.90. The van der Waals surface area contributed by atoms with Crippen molar-refractivity contribution in [2.75, 3.05) is 5.73 Å². The number of hydrogen-bond donors (Lipinski definition) is 2. The molecule has 0 amide bonds. The summed E-state index contributed by atoms with van der Waals surface area (Å²) in [4.78, 5) is 13.6. The van der Waals surface area contributed by atoms with E-state index < -0.39 is 0 Å². The van der Waals surface area contributed by atoms with Crippen molar-refractivity contribution in [3.8, 4) is 5.75 Å². The number of aromatic nitrogens is 1. The summed E-state index contributed by atoms with van der Waals surface area (Å²) in [7, 11) is 0. The van der Waals surface area contributed by atoms with Gasteiger partial charge in [-0.05, 0) is 0 Å². The van der Waals surface area contributed by atoms with Gasteiger partial charge < -0.3 is 10.8 Å². The van der Waals surface area contributed by atoms with Gasteiger partial charge in [-0.1, -0.05) is 0 Å². The number of rotatable bonds is 1. The Kier molecular flexibility index (Phi) is 1.53. The van der Waals surface area contributed by atoms with Crippen LogP contribution in [0.25, 0.3) is 0 Å². The lowest BCUT2D eigenvalue weighted by molar-refractivity contribution is 0.111. The number of aromatic hydroxyl groups is 1. The summed E-state index contributed by atoms with van der Waals surface area (Å²) in [6.07, 6.45) is 1.78. The highest BCUT2D eigenvalue weighted by Crippen LogP contribution is 2.14. The van der Waals surface area contributed by atoms with Crippen LogP contribution < -0.4 is 5.73 Å². The van der Waals surface area contributed by atoms with E-state index in [9.17, 15) is 4.79 Å². The van der Waals surface area contributed by atoms with Crippen molar-refractivity contribution in [1.29, 1.82) is 0 Å². The number of pyridine rings is 1. The number of carbonyl (C=O) groups excluding carboxylic acids is 1. The summed E-state index contributed by atoms with van der Waals surface area (Å²) in [5, 5.41) is 8.92. The molecule has 0 atom stereocenters. The molecule has 0 fully saturated rings. The first-order valence-electron chi connectivity index (χ1n) is 2.63. The Bertz CT molecular complexity index is 260. The van der Waals surface area contributed by atoms with Crippen molar-refractivity contribution in [1.82, 2.24) is 4.98 Å². The van der Waals surface area contributed by atoms with Crippen LogP contribution in [0.5, 0.6) is 5.75 Å². The smallest absolute Gasteiger partial charge is 0.172 e. The van der Waals surface area contributed by atoms with Gasteiger partial charge in [-0.3, -0.25) is 4.79 Å². The summed E-state index contributed by atoms with van der Waals surface area (Å²) in [6, 6.07) is 1.27. The maximum Gasteiger partial charge on any atom is 0.172 e. The highest BCUT2D eigenvalue weighted by atomic mass is 16.3. The normalized spacial score (nSPS) is 9.20. The fourth-order valence-electron chi connectivity index (χ4n) is 0.570. The molecule has 1 rings (SSSR count). The fourth-order valence-corrected chi connectivity index (χ4v) is 0.570. The van der Waals surface area contributed by atoms with Crippen molar-refractivity contribution in [2.24, 2.45) is 0 Å². The molecule has 0 aliphatic carbocycles. The summed E-state index contributed by atoms with van der Waals surface area (Å²) in [6.45, 7) is 0. The first-order valence-corrected chi connectivity index (χ1v) is 2.63. The molecule has 4 nitrogen and oxygen atoms in total. The Balaban J connectivity index is 3.19. The average molecular weight is 138 g/mol. The first kappa shape index (κ1) is 6.54. The van der Waals surface area contributed by atoms with E-state index in [4.69, 9.17) is 10.8 Å². The second-order valence-corrected chi connectivity index (χ2v) is 1.79. The van der Waals surface area contributed by atoms with E-state index in [0.29, 0.717) is 12.0 Å². The summed E-state index contributed by atoms with van der Waals surface area (Å²) in [5.74, 6) is -0.185. The van der Waals surface area contributed by atoms with Crippen LogP contribution in [0.3, 0.4) is 0 Å². The van der Waals surface area contributed by atoms with Crippen LogP contribution in [-0.4, -0.2) is 16.4 Å². The number of anilines is 1. The molecule has 4 heteroatoms. The number of aldehydes is 1. The summed E-state index contributed by atoms with van der Waals surface area (Å²) >= 11 is 0. The number of nitrogens with zero attached hydrogens (tertiary/aromatic N) is 1. The quantitative estimate of drug-likeness (QED) is 0.543. The molecule has 0 aromatic carbocycles. The van der Waals surface area contributed by atoms with Gasteiger partial charge in [-0.25, -0.2) is 4.98 Å². The zero-order valence-electron chi connectivity index (χ0n) is 5.11. The van der Waals surface area contributed by atoms with Crippen LogP contribution in [0.4, 0.5) is 5.69 Å². The molecular weight excluding hydrogens is 132 g/mol. The third-order valence-corrected chi connectivity index (χ3v) is 1.03. The lowest BCUT2D eigenvalue weighted by Gasteiger charge is -1.95. The van der Waals surface area contributed by atoms with Crippen LogP contribution in [0.1, 0.15) is 10.5 Å². The van der Waals surface area contributed by atoms with E-state index in [-0.39, 0.29) is 11.4 Å². The van der Waals surface area contributed by atoms with E-state index in [1.807, 2.05) is 0 Å². The topological polar surface area (TPSA) is 76.2 Å². The Morgan fingerprint density at radius 3 is 2.90 bits per heavy atom. The minimum Gasteiger partial charge on any atom is -0.505 e. The van der Waals surface area contributed by atoms with Crippen molar-refractivity contribution < 1.29 is 9.90 Å². The Labute approximate surface area is 57.3 Å². The molecule has 0 aliphatic heterocycles. The van der Waals surface area contributed by atoms with Gasteiger partial charge >= 0.3 is 0 Å².